The van der Waals surface area contributed by atoms with Crippen LogP contribution in [0.4, 0.5) is 0 Å². The van der Waals surface area contributed by atoms with Crippen molar-refractivity contribution in [1.29, 1.82) is 0 Å². The minimum absolute atomic E-state index is 0.342. The highest BCUT2D eigenvalue weighted by Gasteiger charge is 2.16. The van der Waals surface area contributed by atoms with Crippen LogP contribution in [0.15, 0.2) is 57.1 Å². The van der Waals surface area contributed by atoms with E-state index in [2.05, 4.69) is 21.2 Å². The fourth-order valence-electron chi connectivity index (χ4n) is 3.28. The first-order valence-electron chi connectivity index (χ1n) is 9.56. The minimum atomic E-state index is -0.342. The van der Waals surface area contributed by atoms with Crippen molar-refractivity contribution in [2.24, 2.45) is 0 Å². The van der Waals surface area contributed by atoms with Gasteiger partial charge in [-0.15, -0.1) is 10.2 Å². The summed E-state index contributed by atoms with van der Waals surface area (Å²) in [5.41, 5.74) is 4.25. The van der Waals surface area contributed by atoms with Gasteiger partial charge in [0, 0.05) is 42.3 Å². The van der Waals surface area contributed by atoms with E-state index in [-0.39, 0.29) is 5.63 Å². The van der Waals surface area contributed by atoms with Crippen molar-refractivity contribution in [3.05, 3.63) is 69.8 Å². The smallest absolute Gasteiger partial charge is 0.336 e. The Kier molecular flexibility index (Phi) is 5.96. The second-order valence-electron chi connectivity index (χ2n) is 6.95. The molecule has 0 amide bonds. The number of aryl methyl sites for hydroxylation is 2. The van der Waals surface area contributed by atoms with Crippen LogP contribution in [-0.2, 0) is 17.0 Å². The van der Waals surface area contributed by atoms with Crippen LogP contribution >= 0.6 is 11.8 Å². The predicted molar refractivity (Wildman–Crippen MR) is 117 cm³/mol. The number of aromatic nitrogens is 4. The molecule has 3 aromatic heterocycles. The number of fused-ring (bicyclic) bond motifs is 1. The van der Waals surface area contributed by atoms with E-state index >= 15 is 0 Å². The largest absolute Gasteiger partial charge is 0.422 e. The Balaban J connectivity index is 1.68. The molecule has 4 aromatic rings. The van der Waals surface area contributed by atoms with Crippen molar-refractivity contribution >= 4 is 22.7 Å². The van der Waals surface area contributed by atoms with Gasteiger partial charge in [-0.2, -0.15) is 0 Å². The molecule has 0 unspecified atom stereocenters. The number of rotatable bonds is 7. The summed E-state index contributed by atoms with van der Waals surface area (Å²) in [4.78, 5) is 16.2. The molecular weight excluding hydrogens is 400 g/mol. The van der Waals surface area contributed by atoms with E-state index in [1.807, 2.05) is 36.6 Å². The molecular formula is C22H22N4O3S. The lowest BCUT2D eigenvalue weighted by molar-refractivity contribution is 0.185. The van der Waals surface area contributed by atoms with Crippen LogP contribution in [0.2, 0.25) is 0 Å². The zero-order valence-electron chi connectivity index (χ0n) is 17.1. The van der Waals surface area contributed by atoms with Crippen molar-refractivity contribution in [1.82, 2.24) is 19.7 Å². The van der Waals surface area contributed by atoms with Gasteiger partial charge >= 0.3 is 5.63 Å². The van der Waals surface area contributed by atoms with Crippen LogP contribution in [-0.4, -0.2) is 33.5 Å². The molecule has 0 fully saturated rings. The van der Waals surface area contributed by atoms with Crippen molar-refractivity contribution in [3.8, 4) is 11.4 Å². The molecule has 1 aromatic carbocycles. The quantitative estimate of drug-likeness (QED) is 0.329. The third-order valence-corrected chi connectivity index (χ3v) is 6.06. The maximum absolute atomic E-state index is 12.1. The molecule has 8 heteroatoms. The maximum atomic E-state index is 12.1. The van der Waals surface area contributed by atoms with E-state index in [0.29, 0.717) is 24.5 Å². The number of hydrogen-bond acceptors (Lipinski definition) is 7. The standard InChI is InChI=1S/C22H22N4O3S/c1-14-4-5-18-17(12-19(27)29-20(18)15(14)2)13-30-22-25-24-21(26(22)10-11-28-3)16-6-8-23-9-7-16/h4-9,12H,10-11,13H2,1-3H3. The normalized spacial score (nSPS) is 11.3. The second kappa shape index (κ2) is 8.81. The summed E-state index contributed by atoms with van der Waals surface area (Å²) in [7, 11) is 1.67. The molecule has 0 aliphatic carbocycles. The molecule has 7 nitrogen and oxygen atoms in total. The third kappa shape index (κ3) is 4.01. The average molecular weight is 423 g/mol. The Morgan fingerprint density at radius 1 is 1.13 bits per heavy atom. The molecule has 0 spiro atoms. The number of hydrogen-bond donors (Lipinski definition) is 0. The third-order valence-electron chi connectivity index (χ3n) is 5.05. The molecule has 0 saturated heterocycles. The van der Waals surface area contributed by atoms with Crippen LogP contribution in [0.1, 0.15) is 16.7 Å². The number of pyridine rings is 1. The van der Waals surface area contributed by atoms with E-state index in [1.54, 1.807) is 25.6 Å². The number of nitrogens with zero attached hydrogens (tertiary/aromatic N) is 4. The lowest BCUT2D eigenvalue weighted by Gasteiger charge is -2.11. The fraction of sp³-hybridized carbons (Fsp3) is 0.273. The van der Waals surface area contributed by atoms with Crippen LogP contribution in [0.25, 0.3) is 22.4 Å². The highest BCUT2D eigenvalue weighted by Crippen LogP contribution is 2.30. The van der Waals surface area contributed by atoms with Crippen LogP contribution in [0.3, 0.4) is 0 Å². The molecule has 30 heavy (non-hydrogen) atoms. The number of methoxy groups -OCH3 is 1. The van der Waals surface area contributed by atoms with E-state index < -0.39 is 0 Å². The first kappa shape index (κ1) is 20.3. The summed E-state index contributed by atoms with van der Waals surface area (Å²) in [6, 6.07) is 9.43. The highest BCUT2D eigenvalue weighted by molar-refractivity contribution is 7.98. The van der Waals surface area contributed by atoms with Gasteiger partial charge in [-0.3, -0.25) is 9.55 Å². The molecule has 0 aliphatic heterocycles. The first-order valence-corrected chi connectivity index (χ1v) is 10.6. The van der Waals surface area contributed by atoms with Crippen molar-refractivity contribution in [3.63, 3.8) is 0 Å². The molecule has 0 atom stereocenters. The molecule has 154 valence electrons. The van der Waals surface area contributed by atoms with Gasteiger partial charge in [-0.05, 0) is 42.7 Å². The molecule has 0 saturated carbocycles. The summed E-state index contributed by atoms with van der Waals surface area (Å²) >= 11 is 1.54. The van der Waals surface area contributed by atoms with Crippen LogP contribution in [0, 0.1) is 13.8 Å². The summed E-state index contributed by atoms with van der Waals surface area (Å²) < 4.78 is 12.8. The monoisotopic (exact) mass is 422 g/mol. The maximum Gasteiger partial charge on any atom is 0.336 e. The Labute approximate surface area is 178 Å². The van der Waals surface area contributed by atoms with Gasteiger partial charge in [-0.25, -0.2) is 4.79 Å². The molecule has 0 radical (unpaired) electrons. The number of thioether (sulfide) groups is 1. The van der Waals surface area contributed by atoms with Gasteiger partial charge in [0.25, 0.3) is 0 Å². The zero-order valence-corrected chi connectivity index (χ0v) is 17.9. The summed E-state index contributed by atoms with van der Waals surface area (Å²) in [6.45, 7) is 5.15. The Morgan fingerprint density at radius 2 is 1.93 bits per heavy atom. The fourth-order valence-corrected chi connectivity index (χ4v) is 4.24. The Hall–Kier alpha value is -2.97. The molecule has 0 aliphatic rings. The van der Waals surface area contributed by atoms with E-state index in [1.165, 1.54) is 11.8 Å². The van der Waals surface area contributed by atoms with Gasteiger partial charge < -0.3 is 9.15 Å². The van der Waals surface area contributed by atoms with Crippen molar-refractivity contribution in [2.45, 2.75) is 31.3 Å². The lowest BCUT2D eigenvalue weighted by Crippen LogP contribution is -2.08. The highest BCUT2D eigenvalue weighted by atomic mass is 32.2. The van der Waals surface area contributed by atoms with Gasteiger partial charge in [0.1, 0.15) is 5.58 Å². The lowest BCUT2D eigenvalue weighted by atomic mass is 10.0. The van der Waals surface area contributed by atoms with Crippen LogP contribution < -0.4 is 5.63 Å². The van der Waals surface area contributed by atoms with Crippen molar-refractivity contribution in [2.75, 3.05) is 13.7 Å². The first-order chi connectivity index (χ1) is 14.6. The van der Waals surface area contributed by atoms with Crippen molar-refractivity contribution < 1.29 is 9.15 Å². The SMILES string of the molecule is COCCn1c(SCc2cc(=O)oc3c(C)c(C)ccc23)nnc1-c1ccncc1. The van der Waals surface area contributed by atoms with Gasteiger partial charge in [0.2, 0.25) is 0 Å². The predicted octanol–water partition coefficient (Wildman–Crippen LogP) is 4.00. The topological polar surface area (TPSA) is 83.0 Å². The molecule has 4 rings (SSSR count). The molecule has 0 bridgehead atoms. The summed E-state index contributed by atoms with van der Waals surface area (Å²) in [5, 5.41) is 10.5. The summed E-state index contributed by atoms with van der Waals surface area (Å²) in [6.07, 6.45) is 3.47. The zero-order chi connectivity index (χ0) is 21.1. The van der Waals surface area contributed by atoms with E-state index in [4.69, 9.17) is 9.15 Å². The van der Waals surface area contributed by atoms with Gasteiger partial charge in [-0.1, -0.05) is 23.9 Å². The Morgan fingerprint density at radius 3 is 2.70 bits per heavy atom. The average Bonchev–Trinajstić information content (AvgIpc) is 3.16. The number of benzene rings is 1. The van der Waals surface area contributed by atoms with Crippen LogP contribution in [0.5, 0.6) is 0 Å². The summed E-state index contributed by atoms with van der Waals surface area (Å²) in [5.74, 6) is 1.34. The Bertz CT molecular complexity index is 1230. The van der Waals surface area contributed by atoms with E-state index in [0.717, 1.165) is 38.6 Å². The minimum Gasteiger partial charge on any atom is -0.422 e. The van der Waals surface area contributed by atoms with E-state index in [9.17, 15) is 4.79 Å². The second-order valence-corrected chi connectivity index (χ2v) is 7.89. The van der Waals surface area contributed by atoms with Gasteiger partial charge in [0.15, 0.2) is 11.0 Å². The molecule has 0 N–H and O–H groups in total. The number of ether oxygens (including phenoxy) is 1. The molecule has 3 heterocycles. The van der Waals surface area contributed by atoms with Gasteiger partial charge in [0.05, 0.1) is 13.2 Å².